The maximum atomic E-state index is 12.8. The summed E-state index contributed by atoms with van der Waals surface area (Å²) in [6, 6.07) is 5.64. The quantitative estimate of drug-likeness (QED) is 0.598. The van der Waals surface area contributed by atoms with E-state index >= 15 is 0 Å². The lowest BCUT2D eigenvalue weighted by molar-refractivity contribution is 0.102. The molecular weight excluding hydrogens is 397 g/mol. The normalized spacial score (nSPS) is 14.6. The van der Waals surface area contributed by atoms with Crippen molar-refractivity contribution in [1.29, 1.82) is 0 Å². The SMILES string of the molecule is COn1c(C2CCCC2)c(C)c2ccc(C(=O)Nc3c(Cl)cncc3Cl)cc21. The predicted molar refractivity (Wildman–Crippen MR) is 113 cm³/mol. The summed E-state index contributed by atoms with van der Waals surface area (Å²) in [5.74, 6) is 0.208. The fourth-order valence-corrected chi connectivity index (χ4v) is 4.62. The molecule has 1 N–H and O–H groups in total. The molecule has 1 amide bonds. The first-order chi connectivity index (χ1) is 13.5. The zero-order chi connectivity index (χ0) is 19.8. The number of carbonyl (C=O) groups is 1. The van der Waals surface area contributed by atoms with Crippen LogP contribution >= 0.6 is 23.2 Å². The molecule has 0 radical (unpaired) electrons. The Hall–Kier alpha value is -2.24. The summed E-state index contributed by atoms with van der Waals surface area (Å²) >= 11 is 12.2. The molecule has 1 fully saturated rings. The van der Waals surface area contributed by atoms with E-state index in [0.29, 0.717) is 27.2 Å². The van der Waals surface area contributed by atoms with Gasteiger partial charge < -0.3 is 10.2 Å². The van der Waals surface area contributed by atoms with Gasteiger partial charge in [0, 0.05) is 29.3 Å². The van der Waals surface area contributed by atoms with Gasteiger partial charge in [-0.3, -0.25) is 9.78 Å². The topological polar surface area (TPSA) is 56.1 Å². The van der Waals surface area contributed by atoms with Crippen LogP contribution in [-0.4, -0.2) is 22.7 Å². The van der Waals surface area contributed by atoms with Gasteiger partial charge in [0.25, 0.3) is 5.91 Å². The molecule has 4 rings (SSSR count). The number of benzene rings is 1. The number of hydrogen-bond donors (Lipinski definition) is 1. The molecule has 0 aliphatic heterocycles. The summed E-state index contributed by atoms with van der Waals surface area (Å²) in [6.45, 7) is 2.13. The van der Waals surface area contributed by atoms with Crippen LogP contribution in [0.5, 0.6) is 0 Å². The lowest BCUT2D eigenvalue weighted by atomic mass is 9.99. The molecule has 0 spiro atoms. The highest BCUT2D eigenvalue weighted by molar-refractivity contribution is 6.39. The van der Waals surface area contributed by atoms with Crippen molar-refractivity contribution in [1.82, 2.24) is 9.71 Å². The van der Waals surface area contributed by atoms with Crippen molar-refractivity contribution < 1.29 is 9.63 Å². The Morgan fingerprint density at radius 3 is 2.54 bits per heavy atom. The second kappa shape index (κ2) is 7.64. The lowest BCUT2D eigenvalue weighted by Gasteiger charge is -2.15. The average molecular weight is 418 g/mol. The molecule has 3 aromatic rings. The summed E-state index contributed by atoms with van der Waals surface area (Å²) in [5, 5.41) is 4.46. The molecule has 1 saturated carbocycles. The minimum absolute atomic E-state index is 0.291. The number of amides is 1. The highest BCUT2D eigenvalue weighted by atomic mass is 35.5. The third kappa shape index (κ3) is 3.23. The highest BCUT2D eigenvalue weighted by Crippen LogP contribution is 2.39. The second-order valence-electron chi connectivity index (χ2n) is 7.13. The number of pyridine rings is 1. The molecule has 146 valence electrons. The van der Waals surface area contributed by atoms with Gasteiger partial charge in [-0.05, 0) is 37.5 Å². The number of anilines is 1. The predicted octanol–water partition coefficient (Wildman–Crippen LogP) is 5.62. The molecule has 7 heteroatoms. The van der Waals surface area contributed by atoms with Crippen molar-refractivity contribution >= 4 is 45.7 Å². The van der Waals surface area contributed by atoms with Gasteiger partial charge in [0.1, 0.15) is 7.11 Å². The number of fused-ring (bicyclic) bond motifs is 1. The minimum atomic E-state index is -0.291. The van der Waals surface area contributed by atoms with Crippen LogP contribution in [-0.2, 0) is 0 Å². The van der Waals surface area contributed by atoms with Crippen LogP contribution in [0.1, 0.15) is 53.2 Å². The monoisotopic (exact) mass is 417 g/mol. The van der Waals surface area contributed by atoms with Crippen LogP contribution in [0.15, 0.2) is 30.6 Å². The summed E-state index contributed by atoms with van der Waals surface area (Å²) in [5.41, 5.74) is 4.18. The van der Waals surface area contributed by atoms with Crippen molar-refractivity contribution in [3.8, 4) is 0 Å². The molecule has 0 atom stereocenters. The second-order valence-corrected chi connectivity index (χ2v) is 7.95. The number of nitrogens with zero attached hydrogens (tertiary/aromatic N) is 2. The number of rotatable bonds is 4. The van der Waals surface area contributed by atoms with Gasteiger partial charge in [0.05, 0.1) is 26.9 Å². The Morgan fingerprint density at radius 2 is 1.89 bits per heavy atom. The van der Waals surface area contributed by atoms with Crippen LogP contribution in [0.2, 0.25) is 10.0 Å². The molecule has 28 heavy (non-hydrogen) atoms. The van der Waals surface area contributed by atoms with Crippen molar-refractivity contribution in [2.24, 2.45) is 0 Å². The number of halogens is 2. The van der Waals surface area contributed by atoms with E-state index in [1.165, 1.54) is 49.3 Å². The van der Waals surface area contributed by atoms with Crippen molar-refractivity contribution in [2.45, 2.75) is 38.5 Å². The molecular formula is C21H21Cl2N3O2. The molecule has 0 unspecified atom stereocenters. The van der Waals surface area contributed by atoms with E-state index < -0.39 is 0 Å². The van der Waals surface area contributed by atoms with Crippen molar-refractivity contribution in [3.05, 3.63) is 57.5 Å². The van der Waals surface area contributed by atoms with E-state index in [1.807, 2.05) is 22.9 Å². The highest BCUT2D eigenvalue weighted by Gasteiger charge is 2.26. The van der Waals surface area contributed by atoms with Gasteiger partial charge in [0.15, 0.2) is 0 Å². The number of nitrogens with one attached hydrogen (secondary N) is 1. The molecule has 0 saturated heterocycles. The van der Waals surface area contributed by atoms with Crippen LogP contribution in [0.4, 0.5) is 5.69 Å². The van der Waals surface area contributed by atoms with Crippen molar-refractivity contribution in [3.63, 3.8) is 0 Å². The molecule has 2 aromatic heterocycles. The Balaban J connectivity index is 1.74. The van der Waals surface area contributed by atoms with Gasteiger partial charge >= 0.3 is 0 Å². The van der Waals surface area contributed by atoms with Gasteiger partial charge in [-0.25, -0.2) is 0 Å². The van der Waals surface area contributed by atoms with E-state index in [9.17, 15) is 4.79 Å². The Morgan fingerprint density at radius 1 is 1.21 bits per heavy atom. The zero-order valence-corrected chi connectivity index (χ0v) is 17.3. The average Bonchev–Trinajstić information content (AvgIpc) is 3.30. The Bertz CT molecular complexity index is 1040. The number of hydrogen-bond acceptors (Lipinski definition) is 3. The maximum absolute atomic E-state index is 12.8. The Labute approximate surface area is 173 Å². The first-order valence-corrected chi connectivity index (χ1v) is 10.1. The van der Waals surface area contributed by atoms with E-state index in [4.69, 9.17) is 28.0 Å². The van der Waals surface area contributed by atoms with Gasteiger partial charge in [-0.2, -0.15) is 4.73 Å². The number of carbonyl (C=O) groups excluding carboxylic acids is 1. The molecule has 1 aromatic carbocycles. The van der Waals surface area contributed by atoms with Crippen LogP contribution < -0.4 is 10.2 Å². The fraction of sp³-hybridized carbons (Fsp3) is 0.333. The molecule has 0 bridgehead atoms. The van der Waals surface area contributed by atoms with E-state index in [0.717, 1.165) is 10.9 Å². The van der Waals surface area contributed by atoms with Crippen LogP contribution in [0, 0.1) is 6.92 Å². The molecule has 2 heterocycles. The third-order valence-corrected chi connectivity index (χ3v) is 6.08. The van der Waals surface area contributed by atoms with E-state index in [-0.39, 0.29) is 5.91 Å². The minimum Gasteiger partial charge on any atom is -0.417 e. The van der Waals surface area contributed by atoms with Gasteiger partial charge in [-0.1, -0.05) is 42.1 Å². The first kappa shape index (κ1) is 19.1. The fourth-order valence-electron chi connectivity index (χ4n) is 4.16. The molecule has 1 aliphatic carbocycles. The largest absolute Gasteiger partial charge is 0.417 e. The summed E-state index contributed by atoms with van der Waals surface area (Å²) in [6.07, 6.45) is 7.73. The number of aromatic nitrogens is 2. The van der Waals surface area contributed by atoms with E-state index in [2.05, 4.69) is 17.2 Å². The Kier molecular flexibility index (Phi) is 5.21. The smallest absolute Gasteiger partial charge is 0.255 e. The first-order valence-electron chi connectivity index (χ1n) is 9.31. The van der Waals surface area contributed by atoms with Crippen LogP contribution in [0.25, 0.3) is 10.9 Å². The van der Waals surface area contributed by atoms with Gasteiger partial charge in [0.2, 0.25) is 0 Å². The van der Waals surface area contributed by atoms with Crippen molar-refractivity contribution in [2.75, 3.05) is 12.4 Å². The lowest BCUT2D eigenvalue weighted by Crippen LogP contribution is -2.14. The summed E-state index contributed by atoms with van der Waals surface area (Å²) in [7, 11) is 1.67. The van der Waals surface area contributed by atoms with E-state index in [1.54, 1.807) is 7.11 Å². The maximum Gasteiger partial charge on any atom is 0.255 e. The summed E-state index contributed by atoms with van der Waals surface area (Å²) in [4.78, 5) is 22.4. The van der Waals surface area contributed by atoms with Gasteiger partial charge in [-0.15, -0.1) is 0 Å². The third-order valence-electron chi connectivity index (χ3n) is 5.50. The summed E-state index contributed by atoms with van der Waals surface area (Å²) < 4.78 is 1.88. The van der Waals surface area contributed by atoms with Crippen LogP contribution in [0.3, 0.4) is 0 Å². The number of aryl methyl sites for hydroxylation is 1. The zero-order valence-electron chi connectivity index (χ0n) is 15.8. The standard InChI is InChI=1S/C21H21Cl2N3O2/c1-12-15-8-7-14(21(27)25-19-16(22)10-24-11-17(19)23)9-18(15)26(28-2)20(12)13-5-3-4-6-13/h7-11,13H,3-6H2,1-2H3,(H,24,25,27). The molecule has 5 nitrogen and oxygen atoms in total. The molecule has 1 aliphatic rings.